The Morgan fingerprint density at radius 2 is 1.86 bits per heavy atom. The Kier molecular flexibility index (Phi) is 3.14. The highest BCUT2D eigenvalue weighted by Gasteiger charge is 2.20. The number of hydrogen-bond donors (Lipinski definition) is 1. The number of hydrogen-bond acceptors (Lipinski definition) is 5. The molecule has 0 aliphatic rings. The number of phenols is 1. The average molecular weight is 297 g/mol. The number of aryl methyl sites for hydroxylation is 1. The third kappa shape index (κ3) is 2.20. The van der Waals surface area contributed by atoms with Crippen LogP contribution < -0.4 is 0 Å². The van der Waals surface area contributed by atoms with Gasteiger partial charge in [-0.3, -0.25) is 14.9 Å². The van der Waals surface area contributed by atoms with Crippen LogP contribution in [0, 0.1) is 17.0 Å². The van der Waals surface area contributed by atoms with Crippen molar-refractivity contribution in [3.8, 4) is 5.75 Å². The van der Waals surface area contributed by atoms with Gasteiger partial charge in [0.2, 0.25) is 0 Å². The van der Waals surface area contributed by atoms with E-state index in [-0.39, 0.29) is 17.2 Å². The van der Waals surface area contributed by atoms with E-state index >= 15 is 0 Å². The van der Waals surface area contributed by atoms with E-state index in [1.165, 1.54) is 36.4 Å². The topological polar surface area (TPSA) is 93.6 Å². The summed E-state index contributed by atoms with van der Waals surface area (Å²) in [6, 6.07) is 9.93. The Balaban J connectivity index is 2.08. The van der Waals surface area contributed by atoms with Gasteiger partial charge in [-0.2, -0.15) is 0 Å². The molecule has 1 heterocycles. The van der Waals surface area contributed by atoms with Gasteiger partial charge in [0, 0.05) is 29.1 Å². The van der Waals surface area contributed by atoms with Crippen LogP contribution in [0.4, 0.5) is 5.69 Å². The fraction of sp³-hybridized carbons (Fsp3) is 0.0625. The molecule has 0 unspecified atom stereocenters. The van der Waals surface area contributed by atoms with Crippen LogP contribution in [0.1, 0.15) is 21.7 Å². The molecule has 0 saturated heterocycles. The molecule has 0 aliphatic heterocycles. The monoisotopic (exact) mass is 297 g/mol. The molecule has 0 amide bonds. The normalized spacial score (nSPS) is 10.8. The Labute approximate surface area is 124 Å². The number of ketones is 1. The standard InChI is InChI=1S/C16H11NO5/c1-9-15(13-7-6-12(18)8-14(13)22-9)16(19)10-2-4-11(5-3-10)17(20)21/h2-8,18H,1H3. The smallest absolute Gasteiger partial charge is 0.269 e. The Morgan fingerprint density at radius 3 is 2.50 bits per heavy atom. The minimum absolute atomic E-state index is 0.0515. The number of nitro groups is 1. The summed E-state index contributed by atoms with van der Waals surface area (Å²) in [6.45, 7) is 1.66. The predicted molar refractivity (Wildman–Crippen MR) is 79.1 cm³/mol. The van der Waals surface area contributed by atoms with Gasteiger partial charge in [0.1, 0.15) is 17.1 Å². The zero-order chi connectivity index (χ0) is 15.9. The molecule has 6 heteroatoms. The second kappa shape index (κ2) is 5.00. The maximum atomic E-state index is 12.6. The maximum absolute atomic E-state index is 12.6. The van der Waals surface area contributed by atoms with E-state index in [4.69, 9.17) is 4.42 Å². The number of non-ortho nitro benzene ring substituents is 1. The molecule has 1 aromatic heterocycles. The maximum Gasteiger partial charge on any atom is 0.269 e. The molecule has 0 fully saturated rings. The van der Waals surface area contributed by atoms with Crippen molar-refractivity contribution in [1.29, 1.82) is 0 Å². The second-order valence-corrected chi connectivity index (χ2v) is 4.85. The van der Waals surface area contributed by atoms with Gasteiger partial charge in [0.25, 0.3) is 5.69 Å². The van der Waals surface area contributed by atoms with Crippen molar-refractivity contribution in [2.45, 2.75) is 6.92 Å². The van der Waals surface area contributed by atoms with Gasteiger partial charge in [-0.25, -0.2) is 0 Å². The third-order valence-electron chi connectivity index (χ3n) is 3.42. The molecule has 1 N–H and O–H groups in total. The SMILES string of the molecule is Cc1oc2cc(O)ccc2c1C(=O)c1ccc([N+](=O)[O-])cc1. The van der Waals surface area contributed by atoms with E-state index in [0.717, 1.165) is 0 Å². The number of phenolic OH excluding ortho intramolecular Hbond substituents is 1. The van der Waals surface area contributed by atoms with Gasteiger partial charge < -0.3 is 9.52 Å². The van der Waals surface area contributed by atoms with E-state index in [9.17, 15) is 20.0 Å². The number of furan rings is 1. The third-order valence-corrected chi connectivity index (χ3v) is 3.42. The number of fused-ring (bicyclic) bond motifs is 1. The highest BCUT2D eigenvalue weighted by molar-refractivity contribution is 6.16. The summed E-state index contributed by atoms with van der Waals surface area (Å²) in [7, 11) is 0. The van der Waals surface area contributed by atoms with Crippen LogP contribution in [0.2, 0.25) is 0 Å². The van der Waals surface area contributed by atoms with Crippen LogP contribution in [0.3, 0.4) is 0 Å². The van der Waals surface area contributed by atoms with Crippen LogP contribution in [-0.2, 0) is 0 Å². The van der Waals surface area contributed by atoms with Crippen molar-refractivity contribution in [3.63, 3.8) is 0 Å². The summed E-state index contributed by atoms with van der Waals surface area (Å²) in [5, 5.41) is 20.7. The van der Waals surface area contributed by atoms with Crippen LogP contribution in [0.15, 0.2) is 46.9 Å². The highest BCUT2D eigenvalue weighted by Crippen LogP contribution is 2.30. The summed E-state index contributed by atoms with van der Waals surface area (Å²) in [6.07, 6.45) is 0. The van der Waals surface area contributed by atoms with Crippen molar-refractivity contribution in [2.24, 2.45) is 0 Å². The van der Waals surface area contributed by atoms with E-state index in [0.29, 0.717) is 27.9 Å². The van der Waals surface area contributed by atoms with Gasteiger partial charge in [-0.05, 0) is 31.2 Å². The lowest BCUT2D eigenvalue weighted by molar-refractivity contribution is -0.384. The minimum Gasteiger partial charge on any atom is -0.508 e. The van der Waals surface area contributed by atoms with Gasteiger partial charge in [0.15, 0.2) is 5.78 Å². The van der Waals surface area contributed by atoms with Crippen molar-refractivity contribution in [3.05, 3.63) is 69.5 Å². The number of carbonyl (C=O) groups is 1. The Hall–Kier alpha value is -3.15. The molecular weight excluding hydrogens is 286 g/mol. The summed E-state index contributed by atoms with van der Waals surface area (Å²) >= 11 is 0. The molecule has 0 bridgehead atoms. The molecule has 2 aromatic carbocycles. The lowest BCUT2D eigenvalue weighted by Gasteiger charge is -2.00. The summed E-state index contributed by atoms with van der Waals surface area (Å²) in [5.41, 5.74) is 1.08. The molecule has 22 heavy (non-hydrogen) atoms. The molecule has 6 nitrogen and oxygen atoms in total. The quantitative estimate of drug-likeness (QED) is 0.453. The molecule has 0 aliphatic carbocycles. The van der Waals surface area contributed by atoms with Gasteiger partial charge in [0.05, 0.1) is 10.5 Å². The van der Waals surface area contributed by atoms with Gasteiger partial charge in [-0.1, -0.05) is 0 Å². The number of benzene rings is 2. The number of rotatable bonds is 3. The predicted octanol–water partition coefficient (Wildman–Crippen LogP) is 3.59. The summed E-state index contributed by atoms with van der Waals surface area (Å²) in [4.78, 5) is 22.8. The lowest BCUT2D eigenvalue weighted by Crippen LogP contribution is -2.02. The Bertz CT molecular complexity index is 893. The first-order chi connectivity index (χ1) is 10.5. The number of carbonyl (C=O) groups excluding carboxylic acids is 1. The minimum atomic E-state index is -0.518. The van der Waals surface area contributed by atoms with E-state index < -0.39 is 4.92 Å². The molecule has 0 spiro atoms. The summed E-state index contributed by atoms with van der Waals surface area (Å²) in [5.74, 6) is 0.205. The molecule has 0 saturated carbocycles. The lowest BCUT2D eigenvalue weighted by atomic mass is 10.0. The number of nitrogens with zero attached hydrogens (tertiary/aromatic N) is 1. The van der Waals surface area contributed by atoms with Gasteiger partial charge >= 0.3 is 0 Å². The van der Waals surface area contributed by atoms with Crippen molar-refractivity contribution >= 4 is 22.4 Å². The molecule has 3 rings (SSSR count). The van der Waals surface area contributed by atoms with Crippen LogP contribution in [0.25, 0.3) is 11.0 Å². The average Bonchev–Trinajstić information content (AvgIpc) is 2.81. The molecule has 0 atom stereocenters. The molecule has 110 valence electrons. The first kappa shape index (κ1) is 13.8. The zero-order valence-electron chi connectivity index (χ0n) is 11.6. The fourth-order valence-corrected chi connectivity index (χ4v) is 2.37. The molecule has 3 aromatic rings. The van der Waals surface area contributed by atoms with Crippen LogP contribution >= 0.6 is 0 Å². The molecule has 0 radical (unpaired) electrons. The second-order valence-electron chi connectivity index (χ2n) is 4.85. The van der Waals surface area contributed by atoms with Gasteiger partial charge in [-0.15, -0.1) is 0 Å². The highest BCUT2D eigenvalue weighted by atomic mass is 16.6. The largest absolute Gasteiger partial charge is 0.508 e. The first-order valence-corrected chi connectivity index (χ1v) is 6.48. The van der Waals surface area contributed by atoms with Crippen molar-refractivity contribution in [2.75, 3.05) is 0 Å². The molecular formula is C16H11NO5. The van der Waals surface area contributed by atoms with Crippen molar-refractivity contribution in [1.82, 2.24) is 0 Å². The number of aromatic hydroxyl groups is 1. The van der Waals surface area contributed by atoms with Crippen LogP contribution in [-0.4, -0.2) is 15.8 Å². The van der Waals surface area contributed by atoms with Crippen LogP contribution in [0.5, 0.6) is 5.75 Å². The first-order valence-electron chi connectivity index (χ1n) is 6.48. The number of nitro benzene ring substituents is 1. The van der Waals surface area contributed by atoms with E-state index in [1.54, 1.807) is 13.0 Å². The zero-order valence-corrected chi connectivity index (χ0v) is 11.6. The Morgan fingerprint density at radius 1 is 1.18 bits per heavy atom. The van der Waals surface area contributed by atoms with E-state index in [1.807, 2.05) is 0 Å². The summed E-state index contributed by atoms with van der Waals surface area (Å²) < 4.78 is 5.50. The van der Waals surface area contributed by atoms with E-state index in [2.05, 4.69) is 0 Å². The fourth-order valence-electron chi connectivity index (χ4n) is 2.37. The van der Waals surface area contributed by atoms with Crippen molar-refractivity contribution < 1.29 is 19.2 Å².